The molecule has 1 amide bonds. The van der Waals surface area contributed by atoms with Crippen LogP contribution in [0.2, 0.25) is 0 Å². The van der Waals surface area contributed by atoms with Gasteiger partial charge >= 0.3 is 0 Å². The Balaban J connectivity index is 2.05. The summed E-state index contributed by atoms with van der Waals surface area (Å²) in [6.45, 7) is 5.55. The first-order valence-electron chi connectivity index (χ1n) is 10.4. The summed E-state index contributed by atoms with van der Waals surface area (Å²) in [7, 11) is 3.80. The van der Waals surface area contributed by atoms with Crippen molar-refractivity contribution in [1.82, 2.24) is 14.8 Å². The van der Waals surface area contributed by atoms with Crippen molar-refractivity contribution in [1.29, 1.82) is 0 Å². The molecular weight excluding hydrogens is 394 g/mol. The number of hydrogen-bond acceptors (Lipinski definition) is 6. The van der Waals surface area contributed by atoms with Gasteiger partial charge in [0, 0.05) is 24.8 Å². The highest BCUT2D eigenvalue weighted by Crippen LogP contribution is 2.38. The van der Waals surface area contributed by atoms with Gasteiger partial charge in [-0.25, -0.2) is 0 Å². The van der Waals surface area contributed by atoms with E-state index in [1.54, 1.807) is 48.7 Å². The second kappa shape index (κ2) is 9.75. The number of hydrogen-bond donors (Lipinski definition) is 1. The van der Waals surface area contributed by atoms with Crippen molar-refractivity contribution in [3.8, 4) is 5.75 Å². The highest BCUT2D eigenvalue weighted by atomic mass is 16.5. The summed E-state index contributed by atoms with van der Waals surface area (Å²) in [5.41, 5.74) is 1.01. The van der Waals surface area contributed by atoms with E-state index in [1.165, 1.54) is 4.90 Å². The number of carbonyl (C=O) groups is 2. The maximum atomic E-state index is 13.0. The van der Waals surface area contributed by atoms with E-state index in [0.29, 0.717) is 42.6 Å². The number of aliphatic hydroxyl groups is 1. The third-order valence-corrected chi connectivity index (χ3v) is 4.99. The number of nitrogens with zero attached hydrogens (tertiary/aromatic N) is 3. The molecule has 31 heavy (non-hydrogen) atoms. The van der Waals surface area contributed by atoms with Crippen molar-refractivity contribution in [2.24, 2.45) is 5.92 Å². The fourth-order valence-corrected chi connectivity index (χ4v) is 3.42. The first-order valence-corrected chi connectivity index (χ1v) is 10.4. The monoisotopic (exact) mass is 423 g/mol. The third kappa shape index (κ3) is 5.11. The van der Waals surface area contributed by atoms with Gasteiger partial charge in [0.15, 0.2) is 0 Å². The maximum absolute atomic E-state index is 13.0. The molecule has 3 rings (SSSR count). The molecule has 7 heteroatoms. The lowest BCUT2D eigenvalue weighted by atomic mass is 9.98. The summed E-state index contributed by atoms with van der Waals surface area (Å²) >= 11 is 0. The normalized spacial score (nSPS) is 18.3. The number of amides is 1. The second-order valence-corrected chi connectivity index (χ2v) is 8.28. The molecule has 2 heterocycles. The van der Waals surface area contributed by atoms with Crippen LogP contribution in [0.3, 0.4) is 0 Å². The van der Waals surface area contributed by atoms with Gasteiger partial charge in [0.2, 0.25) is 0 Å². The van der Waals surface area contributed by atoms with Crippen molar-refractivity contribution in [2.75, 3.05) is 33.8 Å². The zero-order valence-electron chi connectivity index (χ0n) is 18.4. The van der Waals surface area contributed by atoms with Gasteiger partial charge < -0.3 is 19.6 Å². The van der Waals surface area contributed by atoms with Crippen molar-refractivity contribution in [3.63, 3.8) is 0 Å². The molecule has 1 aromatic heterocycles. The van der Waals surface area contributed by atoms with Gasteiger partial charge in [0.05, 0.1) is 17.9 Å². The topological polar surface area (TPSA) is 83.0 Å². The molecule has 2 aromatic rings. The van der Waals surface area contributed by atoms with Gasteiger partial charge in [-0.15, -0.1) is 0 Å². The van der Waals surface area contributed by atoms with Crippen LogP contribution < -0.4 is 4.74 Å². The van der Waals surface area contributed by atoms with E-state index >= 15 is 0 Å². The van der Waals surface area contributed by atoms with E-state index in [2.05, 4.69) is 4.98 Å². The SMILES string of the molecule is CC(C)COc1cccc(/C(O)=C2/C(=O)C(=O)N(CCN(C)C)C2c2ccccn2)c1. The number of benzene rings is 1. The van der Waals surface area contributed by atoms with Crippen molar-refractivity contribution in [3.05, 3.63) is 65.5 Å². The van der Waals surface area contributed by atoms with Crippen LogP contribution >= 0.6 is 0 Å². The molecular formula is C24H29N3O4. The van der Waals surface area contributed by atoms with Gasteiger partial charge in [-0.05, 0) is 44.3 Å². The number of ketones is 1. The third-order valence-electron chi connectivity index (χ3n) is 4.99. The van der Waals surface area contributed by atoms with Crippen LogP contribution in [0.4, 0.5) is 0 Å². The fourth-order valence-electron chi connectivity index (χ4n) is 3.42. The summed E-state index contributed by atoms with van der Waals surface area (Å²) in [6, 6.07) is 11.5. The van der Waals surface area contributed by atoms with Crippen LogP contribution in [0.1, 0.15) is 31.1 Å². The second-order valence-electron chi connectivity index (χ2n) is 8.28. The van der Waals surface area contributed by atoms with Crippen molar-refractivity contribution in [2.45, 2.75) is 19.9 Å². The maximum Gasteiger partial charge on any atom is 0.295 e. The molecule has 0 radical (unpaired) electrons. The van der Waals surface area contributed by atoms with Crippen LogP contribution in [-0.2, 0) is 9.59 Å². The van der Waals surface area contributed by atoms with Crippen LogP contribution in [0.5, 0.6) is 5.75 Å². The standard InChI is InChI=1S/C24H29N3O4/c1-16(2)15-31-18-9-7-8-17(14-18)22(28)20-21(19-10-5-6-11-25-19)27(13-12-26(3)4)24(30)23(20)29/h5-11,14,16,21,28H,12-13,15H2,1-4H3/b22-20-. The number of carbonyl (C=O) groups excluding carboxylic acids is 2. The summed E-state index contributed by atoms with van der Waals surface area (Å²) < 4.78 is 5.75. The molecule has 1 N–H and O–H groups in total. The number of likely N-dealkylation sites (N-methyl/N-ethyl adjacent to an activating group) is 1. The number of rotatable bonds is 8. The highest BCUT2D eigenvalue weighted by Gasteiger charge is 2.46. The molecule has 164 valence electrons. The Morgan fingerprint density at radius 2 is 1.97 bits per heavy atom. The van der Waals surface area contributed by atoms with Gasteiger partial charge in [-0.3, -0.25) is 14.6 Å². The number of Topliss-reactive ketones (excluding diaryl/α,β-unsaturated/α-hetero) is 1. The predicted octanol–water partition coefficient (Wildman–Crippen LogP) is 3.10. The van der Waals surface area contributed by atoms with E-state index in [1.807, 2.05) is 32.8 Å². The van der Waals surface area contributed by atoms with E-state index in [9.17, 15) is 14.7 Å². The lowest BCUT2D eigenvalue weighted by molar-refractivity contribution is -0.140. The Bertz CT molecular complexity index is 970. The summed E-state index contributed by atoms with van der Waals surface area (Å²) in [5.74, 6) is -0.625. The predicted molar refractivity (Wildman–Crippen MR) is 119 cm³/mol. The Morgan fingerprint density at radius 3 is 2.61 bits per heavy atom. The van der Waals surface area contributed by atoms with Gasteiger partial charge in [0.25, 0.3) is 11.7 Å². The summed E-state index contributed by atoms with van der Waals surface area (Å²) in [4.78, 5) is 33.6. The first kappa shape index (κ1) is 22.5. The molecule has 1 fully saturated rings. The minimum atomic E-state index is -0.749. The molecule has 1 aliphatic heterocycles. The molecule has 0 spiro atoms. The molecule has 0 saturated carbocycles. The van der Waals surface area contributed by atoms with Crippen molar-refractivity contribution >= 4 is 17.4 Å². The van der Waals surface area contributed by atoms with Gasteiger partial charge in [-0.2, -0.15) is 0 Å². The van der Waals surface area contributed by atoms with E-state index in [4.69, 9.17) is 4.74 Å². The van der Waals surface area contributed by atoms with Gasteiger partial charge in [-0.1, -0.05) is 32.0 Å². The average molecular weight is 424 g/mol. The average Bonchev–Trinajstić information content (AvgIpc) is 3.01. The molecule has 0 bridgehead atoms. The number of likely N-dealkylation sites (tertiary alicyclic amines) is 1. The number of aliphatic hydroxyl groups excluding tert-OH is 1. The van der Waals surface area contributed by atoms with E-state index in [-0.39, 0.29) is 11.3 Å². The molecule has 1 aromatic carbocycles. The molecule has 1 saturated heterocycles. The van der Waals surface area contributed by atoms with Gasteiger partial charge in [0.1, 0.15) is 17.6 Å². The minimum Gasteiger partial charge on any atom is -0.507 e. The van der Waals surface area contributed by atoms with Crippen LogP contribution in [-0.4, -0.2) is 65.4 Å². The zero-order chi connectivity index (χ0) is 22.5. The van der Waals surface area contributed by atoms with Crippen LogP contribution in [0, 0.1) is 5.92 Å². The Labute approximate surface area is 183 Å². The Hall–Kier alpha value is -3.19. The Morgan fingerprint density at radius 1 is 1.19 bits per heavy atom. The fraction of sp³-hybridized carbons (Fsp3) is 0.375. The number of aromatic nitrogens is 1. The minimum absolute atomic E-state index is 0.0449. The summed E-state index contributed by atoms with van der Waals surface area (Å²) in [6.07, 6.45) is 1.61. The lowest BCUT2D eigenvalue weighted by Crippen LogP contribution is -2.35. The lowest BCUT2D eigenvalue weighted by Gasteiger charge is -2.25. The van der Waals surface area contributed by atoms with E-state index in [0.717, 1.165) is 0 Å². The molecule has 1 unspecified atom stereocenters. The smallest absolute Gasteiger partial charge is 0.295 e. The zero-order valence-corrected chi connectivity index (χ0v) is 18.4. The molecule has 1 atom stereocenters. The molecule has 7 nitrogen and oxygen atoms in total. The number of pyridine rings is 1. The molecule has 0 aliphatic carbocycles. The van der Waals surface area contributed by atoms with Crippen molar-refractivity contribution < 1.29 is 19.4 Å². The number of ether oxygens (including phenoxy) is 1. The summed E-state index contributed by atoms with van der Waals surface area (Å²) in [5, 5.41) is 11.1. The largest absolute Gasteiger partial charge is 0.507 e. The first-order chi connectivity index (χ1) is 14.8. The Kier molecular flexibility index (Phi) is 7.07. The molecule has 1 aliphatic rings. The van der Waals surface area contributed by atoms with Crippen LogP contribution in [0.15, 0.2) is 54.2 Å². The van der Waals surface area contributed by atoms with Crippen LogP contribution in [0.25, 0.3) is 5.76 Å². The van der Waals surface area contributed by atoms with E-state index < -0.39 is 17.7 Å². The highest BCUT2D eigenvalue weighted by molar-refractivity contribution is 6.46. The quantitative estimate of drug-likeness (QED) is 0.399.